The standard InChI is InChI=1S/C9H10N2O2/c10-7-2-1-3-8-9(7)11-6(4-12)5-13-8/h1-4,6,11H,5,10H2. The molecule has 0 aromatic heterocycles. The van der Waals surface area contributed by atoms with Crippen LogP contribution in [-0.4, -0.2) is 18.9 Å². The molecule has 1 aliphatic rings. The van der Waals surface area contributed by atoms with Crippen LogP contribution in [0.1, 0.15) is 0 Å². The molecule has 13 heavy (non-hydrogen) atoms. The summed E-state index contributed by atoms with van der Waals surface area (Å²) in [6.45, 7) is 0.361. The van der Waals surface area contributed by atoms with Crippen molar-refractivity contribution < 1.29 is 9.53 Å². The minimum Gasteiger partial charge on any atom is -0.489 e. The summed E-state index contributed by atoms with van der Waals surface area (Å²) in [5.74, 6) is 0.707. The Hall–Kier alpha value is -1.71. The number of anilines is 2. The van der Waals surface area contributed by atoms with Crippen molar-refractivity contribution >= 4 is 17.7 Å². The third-order valence-electron chi connectivity index (χ3n) is 1.97. The second-order valence-corrected chi connectivity index (χ2v) is 2.92. The molecule has 2 rings (SSSR count). The molecule has 1 aromatic rings. The van der Waals surface area contributed by atoms with Gasteiger partial charge >= 0.3 is 0 Å². The average Bonchev–Trinajstić information content (AvgIpc) is 2.18. The molecule has 0 fully saturated rings. The number of para-hydroxylation sites is 1. The minimum atomic E-state index is -0.294. The first kappa shape index (κ1) is 7.91. The summed E-state index contributed by atoms with van der Waals surface area (Å²) in [6, 6.07) is 5.11. The Labute approximate surface area is 75.7 Å². The number of nitrogens with one attached hydrogen (secondary N) is 1. The highest BCUT2D eigenvalue weighted by atomic mass is 16.5. The summed E-state index contributed by atoms with van der Waals surface area (Å²) in [4.78, 5) is 10.5. The zero-order valence-corrected chi connectivity index (χ0v) is 6.99. The molecule has 1 aliphatic heterocycles. The summed E-state index contributed by atoms with van der Waals surface area (Å²) >= 11 is 0. The number of carbonyl (C=O) groups excluding carboxylic acids is 1. The monoisotopic (exact) mass is 178 g/mol. The molecule has 3 N–H and O–H groups in total. The van der Waals surface area contributed by atoms with Crippen LogP contribution in [0.5, 0.6) is 5.75 Å². The number of fused-ring (bicyclic) bond motifs is 1. The van der Waals surface area contributed by atoms with Crippen molar-refractivity contribution in [2.45, 2.75) is 6.04 Å². The van der Waals surface area contributed by atoms with Gasteiger partial charge in [-0.05, 0) is 12.1 Å². The van der Waals surface area contributed by atoms with E-state index in [2.05, 4.69) is 5.32 Å². The van der Waals surface area contributed by atoms with Crippen molar-refractivity contribution in [2.75, 3.05) is 17.7 Å². The Balaban J connectivity index is 2.37. The fourth-order valence-electron chi connectivity index (χ4n) is 1.30. The van der Waals surface area contributed by atoms with Crippen molar-refractivity contribution in [1.82, 2.24) is 0 Å². The number of ether oxygens (including phenoxy) is 1. The van der Waals surface area contributed by atoms with Gasteiger partial charge in [-0.2, -0.15) is 0 Å². The highest BCUT2D eigenvalue weighted by Crippen LogP contribution is 2.33. The summed E-state index contributed by atoms with van der Waals surface area (Å²) in [5, 5.41) is 3.00. The maximum absolute atomic E-state index is 10.5. The average molecular weight is 178 g/mol. The second-order valence-electron chi connectivity index (χ2n) is 2.92. The van der Waals surface area contributed by atoms with E-state index in [1.165, 1.54) is 0 Å². The minimum absolute atomic E-state index is 0.294. The molecule has 0 aliphatic carbocycles. The maximum Gasteiger partial charge on any atom is 0.145 e. The van der Waals surface area contributed by atoms with E-state index >= 15 is 0 Å². The smallest absolute Gasteiger partial charge is 0.145 e. The first-order chi connectivity index (χ1) is 6.31. The van der Waals surface area contributed by atoms with Crippen LogP contribution in [0.2, 0.25) is 0 Å². The molecule has 4 heteroatoms. The molecule has 1 unspecified atom stereocenters. The largest absolute Gasteiger partial charge is 0.489 e. The summed E-state index contributed by atoms with van der Waals surface area (Å²) in [5.41, 5.74) is 7.01. The molecular formula is C9H10N2O2. The summed E-state index contributed by atoms with van der Waals surface area (Å²) < 4.78 is 5.33. The molecule has 0 bridgehead atoms. The third kappa shape index (κ3) is 1.30. The molecule has 0 saturated carbocycles. The lowest BCUT2D eigenvalue weighted by Crippen LogP contribution is -2.32. The van der Waals surface area contributed by atoms with Gasteiger partial charge in [0.25, 0.3) is 0 Å². The van der Waals surface area contributed by atoms with Crippen LogP contribution in [0, 0.1) is 0 Å². The highest BCUT2D eigenvalue weighted by molar-refractivity contribution is 5.78. The zero-order valence-electron chi connectivity index (χ0n) is 6.99. The molecule has 1 heterocycles. The van der Waals surface area contributed by atoms with Crippen molar-refractivity contribution in [3.63, 3.8) is 0 Å². The molecular weight excluding hydrogens is 168 g/mol. The molecule has 1 atom stereocenters. The maximum atomic E-state index is 10.5. The van der Waals surface area contributed by atoms with Crippen LogP contribution in [0.3, 0.4) is 0 Å². The van der Waals surface area contributed by atoms with E-state index in [0.29, 0.717) is 23.7 Å². The molecule has 4 nitrogen and oxygen atoms in total. The number of carbonyl (C=O) groups is 1. The Morgan fingerprint density at radius 3 is 3.23 bits per heavy atom. The molecule has 0 spiro atoms. The van der Waals surface area contributed by atoms with Gasteiger partial charge in [0.05, 0.1) is 5.69 Å². The van der Waals surface area contributed by atoms with Gasteiger partial charge in [0.2, 0.25) is 0 Å². The summed E-state index contributed by atoms with van der Waals surface area (Å²) in [7, 11) is 0. The fraction of sp³-hybridized carbons (Fsp3) is 0.222. The predicted octanol–water partition coefficient (Wildman–Crippen LogP) is 0.641. The topological polar surface area (TPSA) is 64.3 Å². The number of aldehydes is 1. The predicted molar refractivity (Wildman–Crippen MR) is 49.8 cm³/mol. The van der Waals surface area contributed by atoms with E-state index in [1.807, 2.05) is 12.1 Å². The van der Waals surface area contributed by atoms with Crippen molar-refractivity contribution in [3.05, 3.63) is 18.2 Å². The third-order valence-corrected chi connectivity index (χ3v) is 1.97. The van der Waals surface area contributed by atoms with Gasteiger partial charge < -0.3 is 20.6 Å². The molecule has 0 radical (unpaired) electrons. The number of nitrogens with two attached hydrogens (primary N) is 1. The quantitative estimate of drug-likeness (QED) is 0.489. The van der Waals surface area contributed by atoms with Crippen LogP contribution in [0.25, 0.3) is 0 Å². The lowest BCUT2D eigenvalue weighted by atomic mass is 10.2. The molecule has 68 valence electrons. The normalized spacial score (nSPS) is 19.5. The van der Waals surface area contributed by atoms with E-state index < -0.39 is 0 Å². The van der Waals surface area contributed by atoms with E-state index in [-0.39, 0.29) is 6.04 Å². The van der Waals surface area contributed by atoms with Gasteiger partial charge in [0.15, 0.2) is 0 Å². The Bertz CT molecular complexity index is 338. The number of hydrogen-bond donors (Lipinski definition) is 2. The zero-order chi connectivity index (χ0) is 9.26. The molecule has 0 saturated heterocycles. The highest BCUT2D eigenvalue weighted by Gasteiger charge is 2.19. The number of benzene rings is 1. The fourth-order valence-corrected chi connectivity index (χ4v) is 1.30. The lowest BCUT2D eigenvalue weighted by molar-refractivity contribution is -0.109. The number of hydrogen-bond acceptors (Lipinski definition) is 4. The van der Waals surface area contributed by atoms with Gasteiger partial charge in [0.1, 0.15) is 30.4 Å². The SMILES string of the molecule is Nc1cccc2c1NC(C=O)CO2. The van der Waals surface area contributed by atoms with Crippen molar-refractivity contribution in [2.24, 2.45) is 0 Å². The van der Waals surface area contributed by atoms with Gasteiger partial charge in [-0.25, -0.2) is 0 Å². The van der Waals surface area contributed by atoms with Crippen molar-refractivity contribution in [3.8, 4) is 5.75 Å². The Morgan fingerprint density at radius 1 is 1.62 bits per heavy atom. The van der Waals surface area contributed by atoms with E-state index in [4.69, 9.17) is 10.5 Å². The number of nitrogen functional groups attached to an aromatic ring is 1. The summed E-state index contributed by atoms with van der Waals surface area (Å²) in [6.07, 6.45) is 0.815. The van der Waals surface area contributed by atoms with Gasteiger partial charge in [-0.15, -0.1) is 0 Å². The molecule has 1 aromatic carbocycles. The number of rotatable bonds is 1. The van der Waals surface area contributed by atoms with Crippen molar-refractivity contribution in [1.29, 1.82) is 0 Å². The first-order valence-electron chi connectivity index (χ1n) is 4.04. The van der Waals surface area contributed by atoms with Gasteiger partial charge in [-0.3, -0.25) is 0 Å². The molecule has 0 amide bonds. The van der Waals surface area contributed by atoms with Crippen LogP contribution in [0.15, 0.2) is 18.2 Å². The first-order valence-corrected chi connectivity index (χ1v) is 4.04. The van der Waals surface area contributed by atoms with Crippen LogP contribution < -0.4 is 15.8 Å². The van der Waals surface area contributed by atoms with E-state index in [1.54, 1.807) is 6.07 Å². The Kier molecular flexibility index (Phi) is 1.81. The van der Waals surface area contributed by atoms with Gasteiger partial charge in [0, 0.05) is 0 Å². The Morgan fingerprint density at radius 2 is 2.46 bits per heavy atom. The second kappa shape index (κ2) is 2.97. The lowest BCUT2D eigenvalue weighted by Gasteiger charge is -2.24. The van der Waals surface area contributed by atoms with Crippen LogP contribution in [0.4, 0.5) is 11.4 Å². The van der Waals surface area contributed by atoms with Crippen LogP contribution in [-0.2, 0) is 4.79 Å². The van der Waals surface area contributed by atoms with Crippen LogP contribution >= 0.6 is 0 Å². The van der Waals surface area contributed by atoms with E-state index in [0.717, 1.165) is 6.29 Å². The van der Waals surface area contributed by atoms with Gasteiger partial charge in [-0.1, -0.05) is 6.07 Å². The van der Waals surface area contributed by atoms with E-state index in [9.17, 15) is 4.79 Å².